The molecule has 0 bridgehead atoms. The normalized spacial score (nSPS) is 21.1. The number of likely N-dealkylation sites (tertiary alicyclic amines) is 1. The van der Waals surface area contributed by atoms with Gasteiger partial charge in [0.05, 0.1) is 19.3 Å². The second kappa shape index (κ2) is 12.3. The smallest absolute Gasteiger partial charge is 0.240 e. The number of hydrogen-bond acceptors (Lipinski definition) is 4. The number of piperidine rings is 1. The molecule has 0 saturated carbocycles. The SMILES string of the molecule is CCC(CC)C(C(=O)N1CCC(NC)CC1)N1CCOCC1.Cl.Cl. The van der Waals surface area contributed by atoms with E-state index in [0.717, 1.165) is 65.1 Å². The van der Waals surface area contributed by atoms with Gasteiger partial charge >= 0.3 is 0 Å². The zero-order chi connectivity index (χ0) is 15.9. The zero-order valence-corrected chi connectivity index (χ0v) is 17.0. The largest absolute Gasteiger partial charge is 0.379 e. The summed E-state index contributed by atoms with van der Waals surface area (Å²) >= 11 is 0. The molecule has 1 atom stereocenters. The first kappa shape index (κ1) is 23.9. The van der Waals surface area contributed by atoms with E-state index >= 15 is 0 Å². The lowest BCUT2D eigenvalue weighted by molar-refractivity contribution is -0.142. The number of nitrogens with one attached hydrogen (secondary N) is 1. The van der Waals surface area contributed by atoms with Crippen molar-refractivity contribution in [2.24, 2.45) is 5.92 Å². The van der Waals surface area contributed by atoms with Gasteiger partial charge in [0.2, 0.25) is 5.91 Å². The van der Waals surface area contributed by atoms with Crippen molar-refractivity contribution in [1.82, 2.24) is 15.1 Å². The highest BCUT2D eigenvalue weighted by atomic mass is 35.5. The molecular weight excluding hydrogens is 349 g/mol. The molecule has 2 fully saturated rings. The van der Waals surface area contributed by atoms with Gasteiger partial charge in [-0.15, -0.1) is 24.8 Å². The number of nitrogens with zero attached hydrogens (tertiary/aromatic N) is 2. The number of ether oxygens (including phenoxy) is 1. The fourth-order valence-corrected chi connectivity index (χ4v) is 3.82. The van der Waals surface area contributed by atoms with Gasteiger partial charge in [0.15, 0.2) is 0 Å². The van der Waals surface area contributed by atoms with Crippen molar-refractivity contribution in [2.75, 3.05) is 46.4 Å². The Bertz CT molecular complexity index is 343. The maximum Gasteiger partial charge on any atom is 0.240 e. The number of rotatable bonds is 6. The number of amides is 1. The van der Waals surface area contributed by atoms with Crippen LogP contribution in [-0.4, -0.2) is 74.2 Å². The van der Waals surface area contributed by atoms with Gasteiger partial charge in [-0.3, -0.25) is 9.69 Å². The van der Waals surface area contributed by atoms with Crippen LogP contribution in [0.1, 0.15) is 39.5 Å². The lowest BCUT2D eigenvalue weighted by atomic mass is 9.90. The van der Waals surface area contributed by atoms with Crippen LogP contribution in [0.25, 0.3) is 0 Å². The van der Waals surface area contributed by atoms with Crippen LogP contribution in [0, 0.1) is 5.92 Å². The Morgan fingerprint density at radius 3 is 2.08 bits per heavy atom. The minimum atomic E-state index is 0. The first-order valence-electron chi connectivity index (χ1n) is 8.99. The van der Waals surface area contributed by atoms with E-state index in [2.05, 4.69) is 29.0 Å². The highest BCUT2D eigenvalue weighted by Gasteiger charge is 2.36. The summed E-state index contributed by atoms with van der Waals surface area (Å²) in [5.41, 5.74) is 0. The molecule has 5 nitrogen and oxygen atoms in total. The van der Waals surface area contributed by atoms with Crippen molar-refractivity contribution in [2.45, 2.75) is 51.6 Å². The molecule has 0 spiro atoms. The lowest BCUT2D eigenvalue weighted by Gasteiger charge is -2.42. The molecule has 0 aromatic carbocycles. The van der Waals surface area contributed by atoms with Gasteiger partial charge in [0, 0.05) is 32.2 Å². The van der Waals surface area contributed by atoms with Crippen LogP contribution in [0.4, 0.5) is 0 Å². The van der Waals surface area contributed by atoms with Gasteiger partial charge < -0.3 is 15.0 Å². The Labute approximate surface area is 159 Å². The molecule has 0 aliphatic carbocycles. The number of morpholine rings is 1. The molecular formula is C17H35Cl2N3O2. The van der Waals surface area contributed by atoms with E-state index in [1.54, 1.807) is 0 Å². The van der Waals surface area contributed by atoms with E-state index in [1.165, 1.54) is 0 Å². The predicted octanol–water partition coefficient (Wildman–Crippen LogP) is 2.18. The molecule has 2 heterocycles. The molecule has 0 aromatic heterocycles. The molecule has 0 radical (unpaired) electrons. The molecule has 2 aliphatic heterocycles. The highest BCUT2D eigenvalue weighted by molar-refractivity contribution is 5.85. The van der Waals surface area contributed by atoms with Crippen LogP contribution in [0.5, 0.6) is 0 Å². The summed E-state index contributed by atoms with van der Waals surface area (Å²) in [4.78, 5) is 17.6. The van der Waals surface area contributed by atoms with Crippen LogP contribution in [0.3, 0.4) is 0 Å². The highest BCUT2D eigenvalue weighted by Crippen LogP contribution is 2.23. The van der Waals surface area contributed by atoms with Gasteiger partial charge in [-0.2, -0.15) is 0 Å². The van der Waals surface area contributed by atoms with Crippen molar-refractivity contribution in [1.29, 1.82) is 0 Å². The fraction of sp³-hybridized carbons (Fsp3) is 0.941. The standard InChI is InChI=1S/C17H33N3O2.2ClH/c1-4-14(5-2)16(19-10-12-22-13-11-19)17(21)20-8-6-15(18-3)7-9-20;;/h14-16,18H,4-13H2,1-3H3;2*1H. The van der Waals surface area contributed by atoms with E-state index in [4.69, 9.17) is 4.74 Å². The van der Waals surface area contributed by atoms with Crippen LogP contribution in [0.15, 0.2) is 0 Å². The van der Waals surface area contributed by atoms with E-state index in [1.807, 2.05) is 7.05 Å². The monoisotopic (exact) mass is 383 g/mol. The molecule has 7 heteroatoms. The van der Waals surface area contributed by atoms with Crippen LogP contribution in [0.2, 0.25) is 0 Å². The summed E-state index contributed by atoms with van der Waals surface area (Å²) in [6.07, 6.45) is 4.27. The van der Waals surface area contributed by atoms with E-state index in [-0.39, 0.29) is 30.9 Å². The Kier molecular flexibility index (Phi) is 12.3. The molecule has 24 heavy (non-hydrogen) atoms. The molecule has 1 amide bonds. The Morgan fingerprint density at radius 2 is 1.62 bits per heavy atom. The van der Waals surface area contributed by atoms with Gasteiger partial charge in [-0.05, 0) is 25.8 Å². The average Bonchev–Trinajstić information content (AvgIpc) is 2.60. The van der Waals surface area contributed by atoms with Crippen LogP contribution < -0.4 is 5.32 Å². The van der Waals surface area contributed by atoms with E-state index in [9.17, 15) is 4.79 Å². The molecule has 2 rings (SSSR count). The number of carbonyl (C=O) groups excluding carboxylic acids is 1. The van der Waals surface area contributed by atoms with Crippen LogP contribution in [-0.2, 0) is 9.53 Å². The molecule has 1 N–H and O–H groups in total. The predicted molar refractivity (Wildman–Crippen MR) is 103 cm³/mol. The maximum absolute atomic E-state index is 13.2. The Hall–Kier alpha value is -0.0700. The van der Waals surface area contributed by atoms with Gasteiger partial charge in [0.25, 0.3) is 0 Å². The number of halogens is 2. The lowest BCUT2D eigenvalue weighted by Crippen LogP contribution is -2.57. The minimum absolute atomic E-state index is 0. The van der Waals surface area contributed by atoms with Crippen molar-refractivity contribution < 1.29 is 9.53 Å². The molecule has 0 aromatic rings. The van der Waals surface area contributed by atoms with Crippen LogP contribution >= 0.6 is 24.8 Å². The number of carbonyl (C=O) groups is 1. The topological polar surface area (TPSA) is 44.8 Å². The zero-order valence-electron chi connectivity index (χ0n) is 15.3. The Morgan fingerprint density at radius 1 is 1.08 bits per heavy atom. The summed E-state index contributed by atoms with van der Waals surface area (Å²) in [5.74, 6) is 0.803. The molecule has 2 aliphatic rings. The molecule has 2 saturated heterocycles. The first-order chi connectivity index (χ1) is 10.7. The maximum atomic E-state index is 13.2. The van der Waals surface area contributed by atoms with Crippen molar-refractivity contribution in [3.8, 4) is 0 Å². The number of hydrogen-bond donors (Lipinski definition) is 1. The third kappa shape index (κ3) is 6.03. The quantitative estimate of drug-likeness (QED) is 0.763. The average molecular weight is 384 g/mol. The molecule has 144 valence electrons. The van der Waals surface area contributed by atoms with Crippen molar-refractivity contribution >= 4 is 30.7 Å². The third-order valence-corrected chi connectivity index (χ3v) is 5.40. The van der Waals surface area contributed by atoms with Crippen molar-refractivity contribution in [3.05, 3.63) is 0 Å². The second-order valence-electron chi connectivity index (χ2n) is 6.56. The van der Waals surface area contributed by atoms with Gasteiger partial charge in [0.1, 0.15) is 0 Å². The van der Waals surface area contributed by atoms with Crippen molar-refractivity contribution in [3.63, 3.8) is 0 Å². The molecule has 1 unspecified atom stereocenters. The minimum Gasteiger partial charge on any atom is -0.379 e. The van der Waals surface area contributed by atoms with E-state index in [0.29, 0.717) is 17.9 Å². The van der Waals surface area contributed by atoms with Gasteiger partial charge in [-0.25, -0.2) is 0 Å². The summed E-state index contributed by atoms with van der Waals surface area (Å²) in [5, 5.41) is 3.34. The van der Waals surface area contributed by atoms with E-state index < -0.39 is 0 Å². The summed E-state index contributed by atoms with van der Waals surface area (Å²) < 4.78 is 5.48. The first-order valence-corrected chi connectivity index (χ1v) is 8.99. The summed E-state index contributed by atoms with van der Waals surface area (Å²) in [6, 6.07) is 0.615. The second-order valence-corrected chi connectivity index (χ2v) is 6.56. The Balaban J connectivity index is 0.00000264. The summed E-state index contributed by atoms with van der Waals surface area (Å²) in [6.45, 7) is 9.50. The van der Waals surface area contributed by atoms with Gasteiger partial charge in [-0.1, -0.05) is 26.7 Å². The summed E-state index contributed by atoms with van der Waals surface area (Å²) in [7, 11) is 2.02. The third-order valence-electron chi connectivity index (χ3n) is 5.40. The fourth-order valence-electron chi connectivity index (χ4n) is 3.82.